The molecular formula is C28H32N4O4. The maximum Gasteiger partial charge on any atom is 0.269 e. The summed E-state index contributed by atoms with van der Waals surface area (Å²) in [6, 6.07) is 13.7. The molecule has 1 unspecified atom stereocenters. The Hall–Kier alpha value is -3.68. The van der Waals surface area contributed by atoms with E-state index in [1.807, 2.05) is 35.2 Å². The van der Waals surface area contributed by atoms with Gasteiger partial charge in [-0.05, 0) is 42.4 Å². The first-order valence-corrected chi connectivity index (χ1v) is 12.6. The third kappa shape index (κ3) is 4.72. The van der Waals surface area contributed by atoms with Crippen molar-refractivity contribution in [2.24, 2.45) is 5.41 Å². The zero-order chi connectivity index (χ0) is 25.4. The van der Waals surface area contributed by atoms with Crippen molar-refractivity contribution in [3.05, 3.63) is 75.5 Å². The first kappa shape index (κ1) is 24.0. The second-order valence-electron chi connectivity index (χ2n) is 10.9. The Balaban J connectivity index is 1.65. The molecule has 0 saturated heterocycles. The summed E-state index contributed by atoms with van der Waals surface area (Å²) in [6.07, 6.45) is 5.20. The molecule has 8 heteroatoms. The predicted molar refractivity (Wildman–Crippen MR) is 139 cm³/mol. The highest BCUT2D eigenvalue weighted by Crippen LogP contribution is 2.48. The SMILES string of the molecule is CC1(C)CC(=O)C2=C(C1)Nc1ccccc1N(CC(=O)NC1CCCC1)C2c1cccc([N+](=O)[O-])c1. The lowest BCUT2D eigenvalue weighted by molar-refractivity contribution is -0.384. The summed E-state index contributed by atoms with van der Waals surface area (Å²) in [5, 5.41) is 18.3. The van der Waals surface area contributed by atoms with Crippen molar-refractivity contribution >= 4 is 28.8 Å². The number of para-hydroxylation sites is 2. The van der Waals surface area contributed by atoms with Crippen LogP contribution in [0.4, 0.5) is 17.1 Å². The van der Waals surface area contributed by atoms with Crippen molar-refractivity contribution in [1.82, 2.24) is 5.32 Å². The number of Topliss-reactive ketones (excluding diaryl/α,β-unsaturated/α-hetero) is 1. The molecule has 1 heterocycles. The fraction of sp³-hybridized carbons (Fsp3) is 0.429. The number of carbonyl (C=O) groups excluding carboxylic acids is 2. The van der Waals surface area contributed by atoms with Crippen LogP contribution in [0.5, 0.6) is 0 Å². The number of anilines is 2. The zero-order valence-electron chi connectivity index (χ0n) is 20.8. The fourth-order valence-electron chi connectivity index (χ4n) is 5.88. The number of carbonyl (C=O) groups is 2. The van der Waals surface area contributed by atoms with E-state index >= 15 is 0 Å². The van der Waals surface area contributed by atoms with Gasteiger partial charge in [-0.15, -0.1) is 0 Å². The van der Waals surface area contributed by atoms with Crippen LogP contribution in [0.15, 0.2) is 59.8 Å². The van der Waals surface area contributed by atoms with E-state index in [4.69, 9.17) is 0 Å². The van der Waals surface area contributed by atoms with Crippen LogP contribution in [-0.2, 0) is 9.59 Å². The molecule has 1 saturated carbocycles. The van der Waals surface area contributed by atoms with Gasteiger partial charge in [0.15, 0.2) is 5.78 Å². The summed E-state index contributed by atoms with van der Waals surface area (Å²) in [7, 11) is 0. The van der Waals surface area contributed by atoms with Gasteiger partial charge in [0.25, 0.3) is 5.69 Å². The first-order chi connectivity index (χ1) is 17.2. The van der Waals surface area contributed by atoms with E-state index in [2.05, 4.69) is 24.5 Å². The van der Waals surface area contributed by atoms with Crippen LogP contribution in [0.1, 0.15) is 64.0 Å². The number of allylic oxidation sites excluding steroid dienone is 1. The van der Waals surface area contributed by atoms with E-state index in [0.717, 1.165) is 42.8 Å². The van der Waals surface area contributed by atoms with Crippen LogP contribution in [0.2, 0.25) is 0 Å². The van der Waals surface area contributed by atoms with Crippen LogP contribution >= 0.6 is 0 Å². The van der Waals surface area contributed by atoms with E-state index < -0.39 is 11.0 Å². The molecule has 8 nitrogen and oxygen atoms in total. The summed E-state index contributed by atoms with van der Waals surface area (Å²) in [5.41, 5.74) is 3.36. The Morgan fingerprint density at radius 1 is 1.14 bits per heavy atom. The number of amides is 1. The second kappa shape index (κ2) is 9.41. The summed E-state index contributed by atoms with van der Waals surface area (Å²) in [6.45, 7) is 4.18. The Bertz CT molecular complexity index is 1250. The van der Waals surface area contributed by atoms with E-state index in [-0.39, 0.29) is 35.4 Å². The maximum absolute atomic E-state index is 13.7. The van der Waals surface area contributed by atoms with E-state index in [1.165, 1.54) is 12.1 Å². The first-order valence-electron chi connectivity index (χ1n) is 12.6. The largest absolute Gasteiger partial charge is 0.357 e. The molecule has 2 aliphatic carbocycles. The number of nitrogens with zero attached hydrogens (tertiary/aromatic N) is 2. The van der Waals surface area contributed by atoms with Gasteiger partial charge in [0.05, 0.1) is 28.9 Å². The van der Waals surface area contributed by atoms with Gasteiger partial charge >= 0.3 is 0 Å². The van der Waals surface area contributed by atoms with Crippen LogP contribution in [0, 0.1) is 15.5 Å². The number of benzene rings is 2. The lowest BCUT2D eigenvalue weighted by Crippen LogP contribution is -2.44. The lowest BCUT2D eigenvalue weighted by atomic mass is 9.73. The molecule has 1 atom stereocenters. The van der Waals surface area contributed by atoms with E-state index in [1.54, 1.807) is 6.07 Å². The molecule has 5 rings (SSSR count). The average Bonchev–Trinajstić information content (AvgIpc) is 3.28. The van der Waals surface area contributed by atoms with Crippen molar-refractivity contribution in [3.8, 4) is 0 Å². The molecular weight excluding hydrogens is 456 g/mol. The highest BCUT2D eigenvalue weighted by atomic mass is 16.6. The molecule has 1 aliphatic heterocycles. The van der Waals surface area contributed by atoms with Gasteiger partial charge < -0.3 is 15.5 Å². The molecule has 1 fully saturated rings. The number of non-ortho nitro benzene ring substituents is 1. The molecule has 0 spiro atoms. The van der Waals surface area contributed by atoms with Crippen LogP contribution < -0.4 is 15.5 Å². The van der Waals surface area contributed by atoms with Crippen molar-refractivity contribution in [3.63, 3.8) is 0 Å². The molecule has 0 radical (unpaired) electrons. The summed E-state index contributed by atoms with van der Waals surface area (Å²) < 4.78 is 0. The molecule has 2 N–H and O–H groups in total. The minimum atomic E-state index is -0.631. The molecule has 0 aromatic heterocycles. The Morgan fingerprint density at radius 2 is 1.89 bits per heavy atom. The van der Waals surface area contributed by atoms with E-state index in [9.17, 15) is 19.7 Å². The van der Waals surface area contributed by atoms with Gasteiger partial charge in [-0.1, -0.05) is 51.0 Å². The number of fused-ring (bicyclic) bond motifs is 1. The molecule has 36 heavy (non-hydrogen) atoms. The van der Waals surface area contributed by atoms with Gasteiger partial charge in [-0.2, -0.15) is 0 Å². The van der Waals surface area contributed by atoms with Crippen LogP contribution in [0.3, 0.4) is 0 Å². The highest BCUT2D eigenvalue weighted by molar-refractivity contribution is 6.02. The summed E-state index contributed by atoms with van der Waals surface area (Å²) in [5.74, 6) is -0.112. The number of ketones is 1. The smallest absolute Gasteiger partial charge is 0.269 e. The summed E-state index contributed by atoms with van der Waals surface area (Å²) >= 11 is 0. The van der Waals surface area contributed by atoms with Crippen LogP contribution in [-0.4, -0.2) is 29.2 Å². The van der Waals surface area contributed by atoms with E-state index in [0.29, 0.717) is 24.0 Å². The van der Waals surface area contributed by atoms with Gasteiger partial charge in [0, 0.05) is 35.9 Å². The maximum atomic E-state index is 13.7. The zero-order valence-corrected chi connectivity index (χ0v) is 20.8. The third-order valence-electron chi connectivity index (χ3n) is 7.44. The molecule has 0 bridgehead atoms. The number of hydrogen-bond acceptors (Lipinski definition) is 6. The predicted octanol–water partition coefficient (Wildman–Crippen LogP) is 5.27. The van der Waals surface area contributed by atoms with Crippen molar-refractivity contribution < 1.29 is 14.5 Å². The Morgan fingerprint density at radius 3 is 2.64 bits per heavy atom. The minimum absolute atomic E-state index is 0.000682. The lowest BCUT2D eigenvalue weighted by Gasteiger charge is -2.38. The quantitative estimate of drug-likeness (QED) is 0.439. The van der Waals surface area contributed by atoms with Gasteiger partial charge in [0.1, 0.15) is 0 Å². The third-order valence-corrected chi connectivity index (χ3v) is 7.44. The Kier molecular flexibility index (Phi) is 6.28. The number of hydrogen-bond donors (Lipinski definition) is 2. The van der Waals surface area contributed by atoms with Crippen molar-refractivity contribution in [2.45, 2.75) is 64.5 Å². The average molecular weight is 489 g/mol. The Labute approximate surface area is 210 Å². The molecule has 2 aromatic rings. The number of nitro benzene ring substituents is 1. The fourth-order valence-corrected chi connectivity index (χ4v) is 5.88. The second-order valence-corrected chi connectivity index (χ2v) is 10.9. The molecule has 2 aromatic carbocycles. The molecule has 3 aliphatic rings. The summed E-state index contributed by atoms with van der Waals surface area (Å²) in [4.78, 5) is 40.1. The normalized spacial score (nSPS) is 21.3. The molecule has 188 valence electrons. The van der Waals surface area contributed by atoms with Gasteiger partial charge in [0.2, 0.25) is 5.91 Å². The topological polar surface area (TPSA) is 105 Å². The van der Waals surface area contributed by atoms with Crippen molar-refractivity contribution in [1.29, 1.82) is 0 Å². The van der Waals surface area contributed by atoms with Gasteiger partial charge in [-0.3, -0.25) is 19.7 Å². The number of nitrogens with one attached hydrogen (secondary N) is 2. The standard InChI is InChI=1S/C28H32N4O4/c1-28(2)15-22-26(24(33)16-28)27(18-8-7-11-20(14-18)32(35)36)31(23-13-6-5-12-21(23)30-22)17-25(34)29-19-9-3-4-10-19/h5-8,11-14,19,27,30H,3-4,9-10,15-17H2,1-2H3,(H,29,34). The molecule has 1 amide bonds. The number of rotatable bonds is 5. The van der Waals surface area contributed by atoms with Gasteiger partial charge in [-0.25, -0.2) is 0 Å². The minimum Gasteiger partial charge on any atom is -0.357 e. The van der Waals surface area contributed by atoms with Crippen molar-refractivity contribution in [2.75, 3.05) is 16.8 Å². The highest BCUT2D eigenvalue weighted by Gasteiger charge is 2.42. The monoisotopic (exact) mass is 488 g/mol. The van der Waals surface area contributed by atoms with Crippen LogP contribution in [0.25, 0.3) is 0 Å². The number of nitro groups is 1.